The van der Waals surface area contributed by atoms with Gasteiger partial charge in [-0.2, -0.15) is 4.79 Å². The van der Waals surface area contributed by atoms with Crippen molar-refractivity contribution in [1.82, 2.24) is 4.73 Å². The Morgan fingerprint density at radius 2 is 1.93 bits per heavy atom. The monoisotopic (exact) mass is 403 g/mol. The van der Waals surface area contributed by atoms with Crippen LogP contribution in [0.25, 0.3) is 11.3 Å². The van der Waals surface area contributed by atoms with E-state index in [1.807, 2.05) is 0 Å². The summed E-state index contributed by atoms with van der Waals surface area (Å²) in [7, 11) is 0. The molecule has 1 aliphatic rings. The molecule has 1 N–H and O–H groups in total. The zero-order chi connectivity index (χ0) is 21.6. The average Bonchev–Trinajstić information content (AvgIpc) is 2.95. The predicted octanol–water partition coefficient (Wildman–Crippen LogP) is 4.22. The molecule has 1 aromatic heterocycles. The molecule has 1 aliphatic heterocycles. The van der Waals surface area contributed by atoms with Crippen molar-refractivity contribution in [2.45, 2.75) is 45.8 Å². The number of nitro groups is 1. The number of benzene rings is 1. The van der Waals surface area contributed by atoms with Gasteiger partial charge in [0.15, 0.2) is 5.69 Å². The van der Waals surface area contributed by atoms with Gasteiger partial charge in [-0.3, -0.25) is 5.32 Å². The Morgan fingerprint density at radius 1 is 1.24 bits per heavy atom. The molecule has 0 fully saturated rings. The molecule has 2 aromatic rings. The normalized spacial score (nSPS) is 15.0. The summed E-state index contributed by atoms with van der Waals surface area (Å²) in [6.45, 7) is 8.41. The van der Waals surface area contributed by atoms with Gasteiger partial charge >= 0.3 is 18.1 Å². The lowest BCUT2D eigenvalue weighted by Crippen LogP contribution is -2.34. The zero-order valence-electron chi connectivity index (χ0n) is 16.6. The van der Waals surface area contributed by atoms with Crippen LogP contribution >= 0.6 is 0 Å². The predicted molar refractivity (Wildman–Crippen MR) is 102 cm³/mol. The number of rotatable bonds is 3. The summed E-state index contributed by atoms with van der Waals surface area (Å²) in [6.07, 6.45) is -1.64. The van der Waals surface area contributed by atoms with Crippen molar-refractivity contribution in [2.75, 3.05) is 5.32 Å². The summed E-state index contributed by atoms with van der Waals surface area (Å²) in [5, 5.41) is 14.0. The molecule has 0 saturated carbocycles. The number of carbonyl (C=O) groups is 2. The Balaban J connectivity index is 2.05. The molecule has 0 bridgehead atoms. The lowest BCUT2D eigenvalue weighted by atomic mass is 9.92. The molecule has 0 unspecified atom stereocenters. The largest absolute Gasteiger partial charge is 0.552 e. The van der Waals surface area contributed by atoms with Gasteiger partial charge < -0.3 is 19.6 Å². The van der Waals surface area contributed by atoms with E-state index in [4.69, 9.17) is 14.3 Å². The highest BCUT2D eigenvalue weighted by Gasteiger charge is 2.35. The number of ether oxygens (including phenoxy) is 2. The minimum Gasteiger partial charge on any atom is -0.438 e. The van der Waals surface area contributed by atoms with E-state index in [0.717, 1.165) is 4.73 Å². The lowest BCUT2D eigenvalue weighted by Gasteiger charge is -2.32. The van der Waals surface area contributed by atoms with E-state index in [2.05, 4.69) is 5.32 Å². The fourth-order valence-corrected chi connectivity index (χ4v) is 2.93. The van der Waals surface area contributed by atoms with Gasteiger partial charge in [-0.25, -0.2) is 9.63 Å². The number of amides is 1. The maximum absolute atomic E-state index is 12.1. The molecule has 0 spiro atoms. The number of nitrogens with zero attached hydrogens (tertiary/aromatic N) is 2. The molecule has 0 aliphatic carbocycles. The number of hydrogen-bond acceptors (Lipinski definition) is 7. The number of hydrogen-bond donors (Lipinski definition) is 1. The van der Waals surface area contributed by atoms with Gasteiger partial charge in [0.2, 0.25) is 0 Å². The number of fused-ring (bicyclic) bond motifs is 1. The second kappa shape index (κ2) is 6.80. The van der Waals surface area contributed by atoms with Gasteiger partial charge in [-0.05, 0) is 68.5 Å². The summed E-state index contributed by atoms with van der Waals surface area (Å²) in [5.41, 5.74) is 0.275. The van der Waals surface area contributed by atoms with E-state index in [-0.39, 0.29) is 5.69 Å². The van der Waals surface area contributed by atoms with Crippen molar-refractivity contribution >= 4 is 23.8 Å². The van der Waals surface area contributed by atoms with Gasteiger partial charge in [-0.1, -0.05) is 0 Å². The standard InChI is InChI=1S/C19H21N3O7/c1-18(2,3)28-17(24)29-21-14(8-9-15(21)22(25)26)11-6-7-13-12(10-11)19(4,5)27-16(23)20-13/h6-10H,1-5H3,(H,20,23). The van der Waals surface area contributed by atoms with Crippen LogP contribution in [0.1, 0.15) is 40.2 Å². The maximum atomic E-state index is 12.1. The van der Waals surface area contributed by atoms with Crippen LogP contribution in [0.5, 0.6) is 0 Å². The van der Waals surface area contributed by atoms with Crippen LogP contribution in [-0.4, -0.2) is 27.5 Å². The third kappa shape index (κ3) is 4.15. The van der Waals surface area contributed by atoms with Crippen molar-refractivity contribution in [3.8, 4) is 11.3 Å². The van der Waals surface area contributed by atoms with Crippen molar-refractivity contribution in [2.24, 2.45) is 0 Å². The van der Waals surface area contributed by atoms with E-state index >= 15 is 0 Å². The summed E-state index contributed by atoms with van der Waals surface area (Å²) < 4.78 is 11.2. The molecule has 1 aromatic carbocycles. The van der Waals surface area contributed by atoms with Crippen LogP contribution in [0, 0.1) is 10.1 Å². The molecule has 3 rings (SSSR count). The van der Waals surface area contributed by atoms with Crippen LogP contribution in [0.3, 0.4) is 0 Å². The maximum Gasteiger partial charge on any atom is 0.552 e. The minimum atomic E-state index is -1.08. The molecule has 2 heterocycles. The lowest BCUT2D eigenvalue weighted by molar-refractivity contribution is -0.395. The Labute approximate surface area is 166 Å². The summed E-state index contributed by atoms with van der Waals surface area (Å²) in [4.78, 5) is 39.6. The van der Waals surface area contributed by atoms with E-state index in [0.29, 0.717) is 16.8 Å². The van der Waals surface area contributed by atoms with Crippen LogP contribution in [0.2, 0.25) is 0 Å². The Morgan fingerprint density at radius 3 is 2.55 bits per heavy atom. The molecule has 154 valence electrons. The third-order valence-corrected chi connectivity index (χ3v) is 4.11. The molecule has 0 atom stereocenters. The molecule has 0 radical (unpaired) electrons. The minimum absolute atomic E-state index is 0.262. The highest BCUT2D eigenvalue weighted by atomic mass is 16.8. The quantitative estimate of drug-likeness (QED) is 0.462. The highest BCUT2D eigenvalue weighted by molar-refractivity contribution is 5.89. The molecular weight excluding hydrogens is 382 g/mol. The summed E-state index contributed by atoms with van der Waals surface area (Å²) >= 11 is 0. The first-order valence-electron chi connectivity index (χ1n) is 8.80. The summed E-state index contributed by atoms with van der Waals surface area (Å²) in [5.74, 6) is -0.438. The van der Waals surface area contributed by atoms with Crippen molar-refractivity contribution in [3.63, 3.8) is 0 Å². The highest BCUT2D eigenvalue weighted by Crippen LogP contribution is 2.38. The molecule has 10 heteroatoms. The fourth-order valence-electron chi connectivity index (χ4n) is 2.93. The van der Waals surface area contributed by atoms with Crippen LogP contribution < -0.4 is 10.2 Å². The van der Waals surface area contributed by atoms with E-state index in [9.17, 15) is 19.7 Å². The van der Waals surface area contributed by atoms with E-state index in [1.165, 1.54) is 12.1 Å². The van der Waals surface area contributed by atoms with Crippen molar-refractivity contribution in [3.05, 3.63) is 46.0 Å². The van der Waals surface area contributed by atoms with Gasteiger partial charge in [0.25, 0.3) is 0 Å². The second-order valence-electron chi connectivity index (χ2n) is 7.97. The molecule has 1 amide bonds. The molecule has 29 heavy (non-hydrogen) atoms. The number of cyclic esters (lactones) is 1. The van der Waals surface area contributed by atoms with Crippen molar-refractivity contribution < 1.29 is 28.8 Å². The van der Waals surface area contributed by atoms with Crippen LogP contribution in [0.4, 0.5) is 21.1 Å². The zero-order valence-corrected chi connectivity index (χ0v) is 16.6. The summed E-state index contributed by atoms with van der Waals surface area (Å²) in [6, 6.07) is 7.70. The first-order chi connectivity index (χ1) is 13.4. The van der Waals surface area contributed by atoms with Gasteiger partial charge in [0, 0.05) is 17.2 Å². The smallest absolute Gasteiger partial charge is 0.438 e. The first-order valence-corrected chi connectivity index (χ1v) is 8.80. The molecular formula is C19H21N3O7. The number of carbonyl (C=O) groups excluding carboxylic acids is 2. The van der Waals surface area contributed by atoms with Gasteiger partial charge in [0.1, 0.15) is 11.2 Å². The Kier molecular flexibility index (Phi) is 4.73. The number of aromatic nitrogens is 1. The SMILES string of the molecule is CC(C)(C)OC(=O)On1c(-c2ccc3c(c2)C(C)(C)OC(=O)N3)ccc1[N+](=O)[O-]. The first kappa shape index (κ1) is 20.2. The topological polar surface area (TPSA) is 122 Å². The molecule has 0 saturated heterocycles. The van der Waals surface area contributed by atoms with Crippen LogP contribution in [0.15, 0.2) is 30.3 Å². The third-order valence-electron chi connectivity index (χ3n) is 4.11. The second-order valence-corrected chi connectivity index (χ2v) is 7.97. The number of anilines is 1. The number of nitrogens with one attached hydrogen (secondary N) is 1. The van der Waals surface area contributed by atoms with E-state index < -0.39 is 34.2 Å². The van der Waals surface area contributed by atoms with Gasteiger partial charge in [0.05, 0.1) is 5.69 Å². The van der Waals surface area contributed by atoms with Gasteiger partial charge in [-0.15, -0.1) is 0 Å². The molecule has 10 nitrogen and oxygen atoms in total. The Bertz CT molecular complexity index is 1000. The van der Waals surface area contributed by atoms with E-state index in [1.54, 1.807) is 52.8 Å². The Hall–Kier alpha value is -3.56. The van der Waals surface area contributed by atoms with Crippen LogP contribution in [-0.2, 0) is 15.1 Å². The van der Waals surface area contributed by atoms with Crippen molar-refractivity contribution in [1.29, 1.82) is 0 Å². The fraction of sp³-hybridized carbons (Fsp3) is 0.368. The average molecular weight is 403 g/mol.